The van der Waals surface area contributed by atoms with Crippen molar-refractivity contribution in [3.8, 4) is 45.0 Å². The van der Waals surface area contributed by atoms with Crippen LogP contribution in [0.5, 0.6) is 0 Å². The largest absolute Gasteiger partial charge is 0.392 e. The van der Waals surface area contributed by atoms with Crippen molar-refractivity contribution >= 4 is 44.0 Å². The average molecular weight is 1820 g/mol. The number of aliphatic hydroxyl groups excluding tert-OH is 4. The van der Waals surface area contributed by atoms with Crippen LogP contribution in [0.1, 0.15) is 227 Å². The van der Waals surface area contributed by atoms with Crippen LogP contribution < -0.4 is 41.0 Å². The summed E-state index contributed by atoms with van der Waals surface area (Å²) in [7, 11) is -7.61. The van der Waals surface area contributed by atoms with E-state index in [4.69, 9.17) is 10.3 Å². The Hall–Kier alpha value is -8.96. The summed E-state index contributed by atoms with van der Waals surface area (Å²) in [6, 6.07) is 27.7. The molecule has 28 rings (SSSR count). The fourth-order valence-corrected chi connectivity index (χ4v) is 32.0. The van der Waals surface area contributed by atoms with E-state index in [1.54, 1.807) is 51.0 Å². The first kappa shape index (κ1) is 87.7. The van der Waals surface area contributed by atoms with E-state index in [2.05, 4.69) is 102 Å². The molecule has 28 nitrogen and oxygen atoms in total. The summed E-state index contributed by atoms with van der Waals surface area (Å²) in [5.41, 5.74) is 11.7. The zero-order chi connectivity index (χ0) is 90.0. The Morgan fingerprint density at radius 1 is 0.385 bits per heavy atom. The summed E-state index contributed by atoms with van der Waals surface area (Å²) in [4.78, 5) is 65.8. The van der Waals surface area contributed by atoms with E-state index in [0.717, 1.165) is 156 Å². The normalized spacial score (nSPS) is 34.8. The lowest BCUT2D eigenvalue weighted by Crippen LogP contribution is -2.62. The maximum Gasteiger partial charge on any atom is 0.274 e. The van der Waals surface area contributed by atoms with Gasteiger partial charge in [-0.3, -0.25) is 19.2 Å². The Kier molecular flexibility index (Phi) is 22.7. The summed E-state index contributed by atoms with van der Waals surface area (Å²) in [6.45, 7) is 3.20. The lowest BCUT2D eigenvalue weighted by molar-refractivity contribution is -0.145. The Balaban J connectivity index is 0.000000105. The van der Waals surface area contributed by atoms with Crippen LogP contribution in [0.2, 0.25) is 0 Å². The molecule has 4 aromatic heterocycles. The van der Waals surface area contributed by atoms with Gasteiger partial charge in [-0.05, 0) is 270 Å². The third-order valence-corrected chi connectivity index (χ3v) is 36.3. The van der Waals surface area contributed by atoms with Crippen molar-refractivity contribution in [3.05, 3.63) is 169 Å². The number of amides is 4. The summed E-state index contributed by atoms with van der Waals surface area (Å²) in [5, 5.41) is 69.3. The highest BCUT2D eigenvalue weighted by molar-refractivity contribution is 7.87. The van der Waals surface area contributed by atoms with Crippen molar-refractivity contribution in [1.82, 2.24) is 68.9 Å². The van der Waals surface area contributed by atoms with E-state index in [1.807, 2.05) is 52.4 Å². The maximum absolute atomic E-state index is 14.9. The molecule has 16 saturated carbocycles. The molecule has 0 spiro atoms. The smallest absolute Gasteiger partial charge is 0.274 e. The number of aromatic nitrogens is 8. The number of carbonyl (C=O) groups is 4. The van der Waals surface area contributed by atoms with E-state index < -0.39 is 38.7 Å². The minimum atomic E-state index is -3.82. The molecule has 0 radical (unpaired) electrons. The minimum absolute atomic E-state index is 0.00288. The number of aliphatic hydroxyl groups is 4. The van der Waals surface area contributed by atoms with Gasteiger partial charge in [0.25, 0.3) is 20.4 Å². The zero-order valence-electron chi connectivity index (χ0n) is 73.7. The highest BCUT2D eigenvalue weighted by Gasteiger charge is 2.64. The van der Waals surface area contributed by atoms with Gasteiger partial charge in [0, 0.05) is 97.3 Å². The Labute approximate surface area is 757 Å². The zero-order valence-corrected chi connectivity index (χ0v) is 75.3. The number of hydrogen-bond acceptors (Lipinski definition) is 16. The molecule has 692 valence electrons. The van der Waals surface area contributed by atoms with Crippen molar-refractivity contribution in [3.63, 3.8) is 0 Å². The van der Waals surface area contributed by atoms with E-state index in [-0.39, 0.29) is 143 Å². The summed E-state index contributed by atoms with van der Waals surface area (Å²) < 4.78 is 86.7. The van der Waals surface area contributed by atoms with E-state index in [9.17, 15) is 65.2 Å². The fourth-order valence-electron chi connectivity index (χ4n) is 31.2. The second-order valence-corrected chi connectivity index (χ2v) is 45.5. The number of nitrogens with zero attached hydrogens (tertiary/aromatic N) is 8. The van der Waals surface area contributed by atoms with Gasteiger partial charge < -0.3 is 60.0 Å². The number of imidazole rings is 4. The number of carbonyl (C=O) groups excluding carboxylic acids is 4. The van der Waals surface area contributed by atoms with Crippen LogP contribution in [0.4, 0.5) is 8.78 Å². The summed E-state index contributed by atoms with van der Waals surface area (Å²) in [6.07, 6.45) is 36.0. The lowest BCUT2D eigenvalue weighted by atomic mass is 9.46. The molecule has 8 heterocycles. The van der Waals surface area contributed by atoms with Gasteiger partial charge in [0.1, 0.15) is 11.6 Å². The lowest BCUT2D eigenvalue weighted by Gasteiger charge is -2.61. The standard InChI is InChI=1S/C25H32FN5O4S.C25H33N5O4S.C24H28FN3O2.C24H29N3O2/c26-18-3-1-2-17-20-12-28-13-31(20)19(23(17)18)8-21(32)25-9-14-6-15(10-25)24(16(7-14)11-25)30-22(33)4-5-29-36(27,34)35;26-35(33,34)28-6-5-23(32)29-24-16-7-15-8-17(24)12-25(10-15,11-16)22(31)9-20-18-3-1-2-4-19(18)21-13-27-14-30(20)21;1-13(29)27-23-15-5-14-6-16(23)10-24(8-14,9-15)21(30)7-19-22-17(3-2-4-18(22)25)20-11-26-12-28(19)20;1-14(28)26-23-16-6-15-7-17(23)11-24(9-15,10-16)22(29)8-20-18-4-2-3-5-19(18)21-12-25-13-27(20)21/h1-3,12-16,19,21,24,29,32H,4-11H2,(H,30,33)(H2,27,34,35);1-4,13-17,20,22,24,28,31H,5-12H2,(H,29,32)(H2,26,33,34);2-4,11-12,14-16,19,21,23,30H,5-10H2,1H3,(H,27,29);2-5,12-13,15-17,20,22-23,29H,6-11H2,1H3,(H,26,28). The van der Waals surface area contributed by atoms with Crippen molar-refractivity contribution in [2.24, 2.45) is 103 Å². The average Bonchev–Trinajstić information content (AvgIpc) is 0.874. The van der Waals surface area contributed by atoms with E-state index in [0.29, 0.717) is 95.6 Å². The third-order valence-electron chi connectivity index (χ3n) is 35.1. The van der Waals surface area contributed by atoms with Gasteiger partial charge >= 0.3 is 0 Å². The van der Waals surface area contributed by atoms with Crippen LogP contribution in [0, 0.1) is 104 Å². The SMILES string of the molecule is CC(=O)NC1C2CC3CC1CC(C(O)CC1c4c(F)cccc4-c4cncn41)(C3)C2.CC(=O)NC1C2CC3CC1CC(C(O)CC1c4ccccc4-c4cncn41)(C3)C2.NS(=O)(=O)NCCC(=O)NC1C2CC3CC1CC(C(O)CC1c4c(F)cccc4-c4cncn41)(C3)C2.NS(=O)(=O)NCCC(=O)NC1C2CC3CC1CC(C(O)CC1c4ccccc4-c4cncn41)(C3)C2. The molecule has 16 bridgehead atoms. The molecular formula is C98H122F2N16O12S2. The molecule has 0 saturated heterocycles. The number of rotatable bonds is 24. The fraction of sp³-hybridized carbons (Fsp3) is 0.592. The molecule has 16 atom stereocenters. The van der Waals surface area contributed by atoms with Crippen LogP contribution in [0.3, 0.4) is 0 Å². The predicted octanol–water partition coefficient (Wildman–Crippen LogP) is 10.7. The molecule has 4 aliphatic heterocycles. The first-order valence-electron chi connectivity index (χ1n) is 47.6. The Bertz CT molecular complexity index is 5870. The highest BCUT2D eigenvalue weighted by Crippen LogP contribution is 2.68. The quantitative estimate of drug-likeness (QED) is 0.0267. The molecule has 8 aromatic rings. The van der Waals surface area contributed by atoms with Crippen molar-refractivity contribution in [2.75, 3.05) is 13.1 Å². The van der Waals surface area contributed by atoms with Crippen molar-refractivity contribution in [1.29, 1.82) is 0 Å². The number of hydrogen-bond donors (Lipinski definition) is 12. The molecule has 16 fully saturated rings. The molecule has 32 heteroatoms. The van der Waals surface area contributed by atoms with Gasteiger partial charge in [-0.25, -0.2) is 48.4 Å². The van der Waals surface area contributed by atoms with Crippen molar-refractivity contribution in [2.45, 2.75) is 254 Å². The topological polar surface area (TPSA) is 413 Å². The molecule has 130 heavy (non-hydrogen) atoms. The summed E-state index contributed by atoms with van der Waals surface area (Å²) >= 11 is 0. The van der Waals surface area contributed by atoms with Crippen LogP contribution in [-0.4, -0.2) is 161 Å². The van der Waals surface area contributed by atoms with Gasteiger partial charge in [0.15, 0.2) is 0 Å². The van der Waals surface area contributed by atoms with Gasteiger partial charge in [-0.2, -0.15) is 16.8 Å². The molecule has 16 aliphatic carbocycles. The second kappa shape index (κ2) is 33.6. The molecule has 14 N–H and O–H groups in total. The number of benzene rings is 4. The minimum Gasteiger partial charge on any atom is -0.392 e. The number of halogens is 2. The summed E-state index contributed by atoms with van der Waals surface area (Å²) in [5.74, 6) is 5.02. The first-order chi connectivity index (χ1) is 62.3. The van der Waals surface area contributed by atoms with E-state index in [1.165, 1.54) is 47.2 Å². The Morgan fingerprint density at radius 3 is 0.938 bits per heavy atom. The molecule has 20 aliphatic rings. The maximum atomic E-state index is 14.9. The van der Waals surface area contributed by atoms with Gasteiger partial charge in [-0.15, -0.1) is 0 Å². The van der Waals surface area contributed by atoms with Gasteiger partial charge in [-0.1, -0.05) is 72.8 Å². The monoisotopic (exact) mass is 1820 g/mol. The number of fused-ring (bicyclic) bond motifs is 12. The third kappa shape index (κ3) is 15.9. The first-order valence-corrected chi connectivity index (χ1v) is 50.7. The molecule has 4 amide bonds. The molecule has 4 aromatic carbocycles. The highest BCUT2D eigenvalue weighted by atomic mass is 32.2. The number of nitrogens with one attached hydrogen (secondary N) is 6. The van der Waals surface area contributed by atoms with Crippen molar-refractivity contribution < 1.29 is 65.2 Å². The van der Waals surface area contributed by atoms with Gasteiger partial charge in [0.05, 0.1) is 121 Å². The van der Waals surface area contributed by atoms with Crippen LogP contribution in [0.15, 0.2) is 135 Å². The second-order valence-electron chi connectivity index (χ2n) is 42.7. The van der Waals surface area contributed by atoms with Crippen LogP contribution in [0.25, 0.3) is 45.0 Å². The van der Waals surface area contributed by atoms with Crippen LogP contribution in [-0.2, 0) is 39.6 Å². The van der Waals surface area contributed by atoms with Crippen LogP contribution >= 0.6 is 0 Å². The molecule has 16 unspecified atom stereocenters. The van der Waals surface area contributed by atoms with E-state index >= 15 is 0 Å². The van der Waals surface area contributed by atoms with Gasteiger partial charge in [0.2, 0.25) is 23.6 Å². The Morgan fingerprint density at radius 2 is 0.646 bits per heavy atom. The predicted molar refractivity (Wildman–Crippen MR) is 480 cm³/mol. The number of nitrogens with two attached hydrogens (primary N) is 2. The molecular weight excluding hydrogens is 1700 g/mol.